The van der Waals surface area contributed by atoms with E-state index in [0.717, 1.165) is 19.5 Å². The second-order valence-corrected chi connectivity index (χ2v) is 5.59. The largest absolute Gasteiger partial charge is 0.495 e. The van der Waals surface area contributed by atoms with Crippen LogP contribution in [-0.4, -0.2) is 13.7 Å². The van der Waals surface area contributed by atoms with Gasteiger partial charge in [-0.3, -0.25) is 0 Å². The summed E-state index contributed by atoms with van der Waals surface area (Å²) >= 11 is 1.77. The van der Waals surface area contributed by atoms with Crippen molar-refractivity contribution in [1.82, 2.24) is 0 Å². The Balaban J connectivity index is 1.95. The molecule has 3 nitrogen and oxygen atoms in total. The fraction of sp³-hybridized carbons (Fsp3) is 0.286. The van der Waals surface area contributed by atoms with Crippen LogP contribution in [0.5, 0.6) is 5.75 Å². The lowest BCUT2D eigenvalue weighted by Crippen LogP contribution is -2.30. The van der Waals surface area contributed by atoms with Gasteiger partial charge in [0, 0.05) is 30.1 Å². The number of benzene rings is 1. The number of hydrogen-bond donors (Lipinski definition) is 1. The molecule has 0 unspecified atom stereocenters. The van der Waals surface area contributed by atoms with E-state index in [1.807, 2.05) is 4.90 Å². The van der Waals surface area contributed by atoms with Gasteiger partial charge in [0.2, 0.25) is 0 Å². The molecule has 0 saturated carbocycles. The van der Waals surface area contributed by atoms with E-state index in [4.69, 9.17) is 10.5 Å². The summed E-state index contributed by atoms with van der Waals surface area (Å²) in [7, 11) is 1.54. The van der Waals surface area contributed by atoms with Crippen LogP contribution in [0.15, 0.2) is 23.6 Å². The lowest BCUT2D eigenvalue weighted by atomic mass is 10.1. The molecular formula is C14H15FN2OS. The van der Waals surface area contributed by atoms with Gasteiger partial charge in [0.15, 0.2) is 0 Å². The minimum absolute atomic E-state index is 0.294. The summed E-state index contributed by atoms with van der Waals surface area (Å²) < 4.78 is 19.2. The summed E-state index contributed by atoms with van der Waals surface area (Å²) in [6, 6.07) is 5.12. The molecule has 1 aliphatic heterocycles. The van der Waals surface area contributed by atoms with E-state index in [1.165, 1.54) is 16.5 Å². The van der Waals surface area contributed by atoms with Gasteiger partial charge in [-0.15, -0.1) is 11.3 Å². The number of methoxy groups -OCH3 is 1. The first-order valence-electron chi connectivity index (χ1n) is 6.12. The second kappa shape index (κ2) is 4.74. The van der Waals surface area contributed by atoms with E-state index in [-0.39, 0.29) is 5.82 Å². The molecule has 5 heteroatoms. The summed E-state index contributed by atoms with van der Waals surface area (Å²) in [4.78, 5) is 3.44. The molecule has 1 aromatic heterocycles. The number of thiophene rings is 1. The first-order valence-corrected chi connectivity index (χ1v) is 7.00. The molecule has 2 heterocycles. The molecule has 0 bridgehead atoms. The van der Waals surface area contributed by atoms with Crippen LogP contribution >= 0.6 is 11.3 Å². The van der Waals surface area contributed by atoms with E-state index in [9.17, 15) is 4.39 Å². The first kappa shape index (κ1) is 12.3. The number of nitrogen functional groups attached to an aromatic ring is 1. The van der Waals surface area contributed by atoms with Gasteiger partial charge in [0.25, 0.3) is 0 Å². The van der Waals surface area contributed by atoms with E-state index in [0.29, 0.717) is 17.1 Å². The number of hydrogen-bond acceptors (Lipinski definition) is 4. The van der Waals surface area contributed by atoms with Gasteiger partial charge < -0.3 is 15.4 Å². The molecular weight excluding hydrogens is 263 g/mol. The predicted molar refractivity (Wildman–Crippen MR) is 76.4 cm³/mol. The maximum Gasteiger partial charge on any atom is 0.148 e. The molecule has 0 spiro atoms. The number of halogens is 1. The summed E-state index contributed by atoms with van der Waals surface area (Å²) in [5, 5.41) is 2.09. The van der Waals surface area contributed by atoms with E-state index >= 15 is 0 Å². The monoisotopic (exact) mass is 278 g/mol. The fourth-order valence-corrected chi connectivity index (χ4v) is 3.32. The van der Waals surface area contributed by atoms with Gasteiger partial charge >= 0.3 is 0 Å². The van der Waals surface area contributed by atoms with Gasteiger partial charge in [0.1, 0.15) is 11.6 Å². The van der Waals surface area contributed by atoms with Crippen molar-refractivity contribution in [2.45, 2.75) is 13.0 Å². The normalized spacial score (nSPS) is 14.3. The molecule has 0 aliphatic carbocycles. The zero-order valence-electron chi connectivity index (χ0n) is 10.6. The molecule has 1 aliphatic rings. The Hall–Kier alpha value is -1.75. The Kier molecular flexibility index (Phi) is 3.06. The molecule has 3 rings (SSSR count). The van der Waals surface area contributed by atoms with Crippen molar-refractivity contribution in [1.29, 1.82) is 0 Å². The Morgan fingerprint density at radius 3 is 3.05 bits per heavy atom. The Morgan fingerprint density at radius 2 is 2.26 bits per heavy atom. The van der Waals surface area contributed by atoms with E-state index in [2.05, 4.69) is 11.4 Å². The molecule has 0 amide bonds. The number of ether oxygens (including phenoxy) is 1. The minimum atomic E-state index is -0.294. The molecule has 2 N–H and O–H groups in total. The van der Waals surface area contributed by atoms with Crippen LogP contribution in [0.25, 0.3) is 0 Å². The lowest BCUT2D eigenvalue weighted by molar-refractivity contribution is 0.416. The van der Waals surface area contributed by atoms with Crippen LogP contribution in [0.1, 0.15) is 10.4 Å². The maximum atomic E-state index is 14.1. The average molecular weight is 278 g/mol. The predicted octanol–water partition coefficient (Wildman–Crippen LogP) is 3.04. The zero-order valence-corrected chi connectivity index (χ0v) is 11.5. The van der Waals surface area contributed by atoms with Crippen molar-refractivity contribution >= 4 is 22.7 Å². The standard InChI is InChI=1S/C14H15FN2OS/c1-18-13-7-12(10(15)6-11(13)16)17-4-2-14-9(8-17)3-5-19-14/h3,5-7H,2,4,8,16H2,1H3. The van der Waals surface area contributed by atoms with E-state index in [1.54, 1.807) is 24.5 Å². The number of anilines is 2. The highest BCUT2D eigenvalue weighted by molar-refractivity contribution is 7.10. The quantitative estimate of drug-likeness (QED) is 0.858. The van der Waals surface area contributed by atoms with Crippen molar-refractivity contribution < 1.29 is 9.13 Å². The third kappa shape index (κ3) is 2.14. The second-order valence-electron chi connectivity index (χ2n) is 4.59. The number of rotatable bonds is 2. The molecule has 1 aromatic carbocycles. The SMILES string of the molecule is COc1cc(N2CCc3sccc3C2)c(F)cc1N. The summed E-state index contributed by atoms with van der Waals surface area (Å²) in [5.41, 5.74) is 7.88. The van der Waals surface area contributed by atoms with E-state index < -0.39 is 0 Å². The van der Waals surface area contributed by atoms with Gasteiger partial charge in [0.05, 0.1) is 18.5 Å². The van der Waals surface area contributed by atoms with Crippen LogP contribution in [-0.2, 0) is 13.0 Å². The zero-order chi connectivity index (χ0) is 13.4. The molecule has 2 aromatic rings. The fourth-order valence-electron chi connectivity index (χ4n) is 2.43. The minimum Gasteiger partial charge on any atom is -0.495 e. The van der Waals surface area contributed by atoms with Gasteiger partial charge in [-0.2, -0.15) is 0 Å². The molecule has 0 saturated heterocycles. The number of nitrogens with two attached hydrogens (primary N) is 1. The third-order valence-electron chi connectivity index (χ3n) is 3.45. The molecule has 0 atom stereocenters. The highest BCUT2D eigenvalue weighted by Gasteiger charge is 2.21. The van der Waals surface area contributed by atoms with Crippen LogP contribution in [0.2, 0.25) is 0 Å². The molecule has 100 valence electrons. The maximum absolute atomic E-state index is 14.1. The van der Waals surface area contributed by atoms with Crippen LogP contribution in [0.4, 0.5) is 15.8 Å². The summed E-state index contributed by atoms with van der Waals surface area (Å²) in [5.74, 6) is 0.226. The Morgan fingerprint density at radius 1 is 1.42 bits per heavy atom. The van der Waals surface area contributed by atoms with Crippen molar-refractivity contribution in [3.8, 4) is 5.75 Å². The summed E-state index contributed by atoms with van der Waals surface area (Å²) in [6.45, 7) is 1.56. The van der Waals surface area contributed by atoms with Crippen LogP contribution in [0, 0.1) is 5.82 Å². The number of nitrogens with zero attached hydrogens (tertiary/aromatic N) is 1. The van der Waals surface area contributed by atoms with Crippen molar-refractivity contribution in [3.63, 3.8) is 0 Å². The third-order valence-corrected chi connectivity index (χ3v) is 4.47. The highest BCUT2D eigenvalue weighted by Crippen LogP contribution is 2.34. The first-order chi connectivity index (χ1) is 9.19. The Labute approximate surface area is 115 Å². The van der Waals surface area contributed by atoms with Gasteiger partial charge in [-0.25, -0.2) is 4.39 Å². The van der Waals surface area contributed by atoms with Gasteiger partial charge in [-0.05, 0) is 23.4 Å². The van der Waals surface area contributed by atoms with Crippen molar-refractivity contribution in [2.24, 2.45) is 0 Å². The topological polar surface area (TPSA) is 38.5 Å². The van der Waals surface area contributed by atoms with Crippen LogP contribution < -0.4 is 15.4 Å². The smallest absolute Gasteiger partial charge is 0.148 e. The summed E-state index contributed by atoms with van der Waals surface area (Å²) in [6.07, 6.45) is 0.957. The van der Waals surface area contributed by atoms with Gasteiger partial charge in [-0.1, -0.05) is 0 Å². The molecule has 19 heavy (non-hydrogen) atoms. The molecule has 0 radical (unpaired) electrons. The lowest BCUT2D eigenvalue weighted by Gasteiger charge is -2.29. The Bertz CT molecular complexity index is 611. The molecule has 0 fully saturated rings. The average Bonchev–Trinajstić information content (AvgIpc) is 2.86. The van der Waals surface area contributed by atoms with Crippen molar-refractivity contribution in [2.75, 3.05) is 24.3 Å². The van der Waals surface area contributed by atoms with Crippen molar-refractivity contribution in [3.05, 3.63) is 39.8 Å². The highest BCUT2D eigenvalue weighted by atomic mass is 32.1. The number of fused-ring (bicyclic) bond motifs is 1. The van der Waals surface area contributed by atoms with Crippen LogP contribution in [0.3, 0.4) is 0 Å².